The van der Waals surface area contributed by atoms with E-state index >= 15 is 0 Å². The van der Waals surface area contributed by atoms with Gasteiger partial charge in [0.15, 0.2) is 0 Å². The molecule has 0 fully saturated rings. The molecular weight excluding hydrogens is 192 g/mol. The van der Waals surface area contributed by atoms with E-state index in [1.807, 2.05) is 20.8 Å². The number of rotatable bonds is 7. The Morgan fingerprint density at radius 2 is 2.07 bits per heavy atom. The van der Waals surface area contributed by atoms with Crippen molar-refractivity contribution in [2.75, 3.05) is 13.2 Å². The molecule has 0 bridgehead atoms. The van der Waals surface area contributed by atoms with Crippen molar-refractivity contribution >= 4 is 5.91 Å². The summed E-state index contributed by atoms with van der Waals surface area (Å²) in [5, 5.41) is 11.5. The zero-order chi connectivity index (χ0) is 11.8. The van der Waals surface area contributed by atoms with E-state index in [2.05, 4.69) is 5.32 Å². The normalized spacial score (nSPS) is 16.9. The first-order valence-electron chi connectivity index (χ1n) is 5.67. The minimum absolute atomic E-state index is 0.0888. The third-order valence-corrected chi connectivity index (χ3v) is 2.81. The second kappa shape index (κ2) is 7.65. The maximum atomic E-state index is 11.6. The van der Waals surface area contributed by atoms with Crippen molar-refractivity contribution in [3.63, 3.8) is 0 Å². The van der Waals surface area contributed by atoms with Crippen molar-refractivity contribution in [2.45, 2.75) is 39.7 Å². The fourth-order valence-corrected chi connectivity index (χ4v) is 1.23. The Hall–Kier alpha value is -0.610. The Bertz CT molecular complexity index is 185. The van der Waals surface area contributed by atoms with Crippen LogP contribution >= 0.6 is 0 Å². The van der Waals surface area contributed by atoms with E-state index in [0.717, 1.165) is 6.42 Å². The number of aliphatic hydroxyl groups is 1. The van der Waals surface area contributed by atoms with Crippen LogP contribution in [0.3, 0.4) is 0 Å². The first-order chi connectivity index (χ1) is 7.02. The number of amides is 1. The summed E-state index contributed by atoms with van der Waals surface area (Å²) in [5.41, 5.74) is 5.77. The van der Waals surface area contributed by atoms with E-state index in [1.54, 1.807) is 0 Å². The van der Waals surface area contributed by atoms with Gasteiger partial charge in [0.1, 0.15) is 0 Å². The van der Waals surface area contributed by atoms with Crippen LogP contribution in [0, 0.1) is 11.8 Å². The molecule has 0 spiro atoms. The predicted octanol–water partition coefficient (Wildman–Crippen LogP) is 0.495. The van der Waals surface area contributed by atoms with Crippen LogP contribution in [0.15, 0.2) is 0 Å². The Kier molecular flexibility index (Phi) is 7.34. The van der Waals surface area contributed by atoms with E-state index < -0.39 is 6.04 Å². The molecule has 0 aromatic rings. The van der Waals surface area contributed by atoms with Crippen molar-refractivity contribution in [3.05, 3.63) is 0 Å². The SMILES string of the molecule is CCC(C)C(N)C(=O)NCC(C)CCO. The van der Waals surface area contributed by atoms with Crippen molar-refractivity contribution in [1.82, 2.24) is 5.32 Å². The maximum Gasteiger partial charge on any atom is 0.237 e. The molecule has 0 aliphatic heterocycles. The Balaban J connectivity index is 3.82. The highest BCUT2D eigenvalue weighted by Crippen LogP contribution is 2.05. The van der Waals surface area contributed by atoms with Crippen LogP contribution in [0.1, 0.15) is 33.6 Å². The van der Waals surface area contributed by atoms with E-state index in [4.69, 9.17) is 10.8 Å². The molecule has 0 aliphatic carbocycles. The average Bonchev–Trinajstić information content (AvgIpc) is 2.24. The van der Waals surface area contributed by atoms with E-state index in [0.29, 0.717) is 18.9 Å². The van der Waals surface area contributed by atoms with Gasteiger partial charge in [-0.2, -0.15) is 0 Å². The molecule has 4 nitrogen and oxygen atoms in total. The highest BCUT2D eigenvalue weighted by molar-refractivity contribution is 5.81. The first-order valence-corrected chi connectivity index (χ1v) is 5.67. The number of nitrogens with two attached hydrogens (primary N) is 1. The molecule has 0 heterocycles. The molecule has 0 saturated carbocycles. The largest absolute Gasteiger partial charge is 0.396 e. The van der Waals surface area contributed by atoms with Crippen LogP contribution in [0.25, 0.3) is 0 Å². The summed E-state index contributed by atoms with van der Waals surface area (Å²) in [6.07, 6.45) is 1.61. The summed E-state index contributed by atoms with van der Waals surface area (Å²) in [7, 11) is 0. The van der Waals surface area contributed by atoms with Gasteiger partial charge in [-0.25, -0.2) is 0 Å². The predicted molar refractivity (Wildman–Crippen MR) is 61.3 cm³/mol. The average molecular weight is 216 g/mol. The number of carbonyl (C=O) groups is 1. The fourth-order valence-electron chi connectivity index (χ4n) is 1.23. The molecule has 4 heteroatoms. The van der Waals surface area contributed by atoms with Crippen molar-refractivity contribution < 1.29 is 9.90 Å². The lowest BCUT2D eigenvalue weighted by Crippen LogP contribution is -2.45. The zero-order valence-corrected chi connectivity index (χ0v) is 9.99. The highest BCUT2D eigenvalue weighted by Gasteiger charge is 2.19. The minimum Gasteiger partial charge on any atom is -0.396 e. The number of carbonyl (C=O) groups excluding carboxylic acids is 1. The van der Waals surface area contributed by atoms with Gasteiger partial charge in [0.2, 0.25) is 5.91 Å². The van der Waals surface area contributed by atoms with Gasteiger partial charge < -0.3 is 16.2 Å². The van der Waals surface area contributed by atoms with Gasteiger partial charge in [-0.1, -0.05) is 27.2 Å². The standard InChI is InChI=1S/C11H24N2O2/c1-4-9(3)10(12)11(15)13-7-8(2)5-6-14/h8-10,14H,4-7,12H2,1-3H3,(H,13,15). The van der Waals surface area contributed by atoms with Gasteiger partial charge in [-0.15, -0.1) is 0 Å². The Morgan fingerprint density at radius 1 is 1.47 bits per heavy atom. The topological polar surface area (TPSA) is 75.4 Å². The number of hydrogen-bond donors (Lipinski definition) is 3. The summed E-state index contributed by atoms with van der Waals surface area (Å²) in [6, 6.07) is -0.420. The fraction of sp³-hybridized carbons (Fsp3) is 0.909. The van der Waals surface area contributed by atoms with Crippen molar-refractivity contribution in [1.29, 1.82) is 0 Å². The van der Waals surface area contributed by atoms with Gasteiger partial charge in [0, 0.05) is 13.2 Å². The van der Waals surface area contributed by atoms with Crippen LogP contribution in [0.5, 0.6) is 0 Å². The van der Waals surface area contributed by atoms with Gasteiger partial charge in [-0.3, -0.25) is 4.79 Å². The number of nitrogens with one attached hydrogen (secondary N) is 1. The molecule has 0 aromatic heterocycles. The quantitative estimate of drug-likeness (QED) is 0.580. The van der Waals surface area contributed by atoms with Crippen molar-refractivity contribution in [2.24, 2.45) is 17.6 Å². The smallest absolute Gasteiger partial charge is 0.237 e. The zero-order valence-electron chi connectivity index (χ0n) is 9.99. The van der Waals surface area contributed by atoms with Crippen molar-refractivity contribution in [3.8, 4) is 0 Å². The van der Waals surface area contributed by atoms with Gasteiger partial charge >= 0.3 is 0 Å². The van der Waals surface area contributed by atoms with Gasteiger partial charge in [0.25, 0.3) is 0 Å². The molecule has 0 saturated heterocycles. The molecule has 90 valence electrons. The molecule has 0 aromatic carbocycles. The molecule has 1 amide bonds. The summed E-state index contributed by atoms with van der Waals surface area (Å²) in [5.74, 6) is 0.412. The second-order valence-electron chi connectivity index (χ2n) is 4.27. The van der Waals surface area contributed by atoms with E-state index in [-0.39, 0.29) is 18.4 Å². The molecule has 0 radical (unpaired) electrons. The van der Waals surface area contributed by atoms with Gasteiger partial charge in [0.05, 0.1) is 6.04 Å². The number of aliphatic hydroxyl groups excluding tert-OH is 1. The van der Waals surface area contributed by atoms with E-state index in [9.17, 15) is 4.79 Å². The monoisotopic (exact) mass is 216 g/mol. The van der Waals surface area contributed by atoms with Crippen LogP contribution in [0.2, 0.25) is 0 Å². The summed E-state index contributed by atoms with van der Waals surface area (Å²) >= 11 is 0. The molecule has 0 aliphatic rings. The minimum atomic E-state index is -0.420. The third kappa shape index (κ3) is 5.74. The lowest BCUT2D eigenvalue weighted by atomic mass is 9.99. The van der Waals surface area contributed by atoms with Crippen LogP contribution < -0.4 is 11.1 Å². The summed E-state index contributed by atoms with van der Waals surface area (Å²) < 4.78 is 0. The molecule has 15 heavy (non-hydrogen) atoms. The molecule has 3 atom stereocenters. The van der Waals surface area contributed by atoms with Gasteiger partial charge in [-0.05, 0) is 18.3 Å². The maximum absolute atomic E-state index is 11.6. The van der Waals surface area contributed by atoms with Crippen LogP contribution in [-0.4, -0.2) is 30.2 Å². The first kappa shape index (κ1) is 14.4. The summed E-state index contributed by atoms with van der Waals surface area (Å²) in [6.45, 7) is 6.73. The Morgan fingerprint density at radius 3 is 2.53 bits per heavy atom. The number of hydrogen-bond acceptors (Lipinski definition) is 3. The lowest BCUT2D eigenvalue weighted by molar-refractivity contribution is -0.123. The second-order valence-corrected chi connectivity index (χ2v) is 4.27. The lowest BCUT2D eigenvalue weighted by Gasteiger charge is -2.19. The van der Waals surface area contributed by atoms with Crippen LogP contribution in [-0.2, 0) is 4.79 Å². The molecule has 3 unspecified atom stereocenters. The Labute approximate surface area is 92.2 Å². The molecule has 0 rings (SSSR count). The molecular formula is C11H24N2O2. The summed E-state index contributed by atoms with van der Waals surface area (Å²) in [4.78, 5) is 11.6. The van der Waals surface area contributed by atoms with E-state index in [1.165, 1.54) is 0 Å². The molecule has 4 N–H and O–H groups in total. The third-order valence-electron chi connectivity index (χ3n) is 2.81. The highest BCUT2D eigenvalue weighted by atomic mass is 16.3. The van der Waals surface area contributed by atoms with Crippen LogP contribution in [0.4, 0.5) is 0 Å².